The third-order valence-corrected chi connectivity index (χ3v) is 5.50. The zero-order chi connectivity index (χ0) is 22.9. The lowest BCUT2D eigenvalue weighted by molar-refractivity contribution is -0.152. The van der Waals surface area contributed by atoms with Crippen molar-refractivity contribution in [3.63, 3.8) is 0 Å². The zero-order valence-corrected chi connectivity index (χ0v) is 16.8. The number of rotatable bonds is 5. The van der Waals surface area contributed by atoms with Crippen LogP contribution < -0.4 is 5.32 Å². The molecule has 2 saturated heterocycles. The number of carboxylic acids is 1. The maximum absolute atomic E-state index is 14.5. The van der Waals surface area contributed by atoms with Crippen LogP contribution in [0, 0.1) is 11.6 Å². The van der Waals surface area contributed by atoms with Crippen LogP contribution in [0.2, 0.25) is 0 Å². The van der Waals surface area contributed by atoms with Gasteiger partial charge in [0.2, 0.25) is 5.91 Å². The minimum Gasteiger partial charge on any atom is -0.480 e. The normalized spacial score (nSPS) is 19.3. The fraction of sp³-hybridized carbons (Fsp3) is 0.318. The number of aliphatic carboxylic acids is 1. The fourth-order valence-electron chi connectivity index (χ4n) is 3.91. The van der Waals surface area contributed by atoms with Gasteiger partial charge in [0.25, 0.3) is 5.91 Å². The highest BCUT2D eigenvalue weighted by Gasteiger charge is 2.52. The number of nitrogens with one attached hydrogen (secondary N) is 1. The molecule has 1 atom stereocenters. The molecule has 2 N–H and O–H groups in total. The van der Waals surface area contributed by atoms with E-state index in [1.54, 1.807) is 0 Å². The summed E-state index contributed by atoms with van der Waals surface area (Å²) >= 11 is 0. The second-order valence-corrected chi connectivity index (χ2v) is 7.57. The maximum Gasteiger partial charge on any atom is 0.326 e. The van der Waals surface area contributed by atoms with Crippen LogP contribution in [0.3, 0.4) is 0 Å². The van der Waals surface area contributed by atoms with Crippen molar-refractivity contribution < 1.29 is 37.7 Å². The van der Waals surface area contributed by atoms with Gasteiger partial charge in [0.05, 0.1) is 26.3 Å². The molecule has 10 heteroatoms. The molecule has 168 valence electrons. The quantitative estimate of drug-likeness (QED) is 0.726. The summed E-state index contributed by atoms with van der Waals surface area (Å²) in [5, 5.41) is 11.8. The fourth-order valence-corrected chi connectivity index (χ4v) is 3.91. The Labute approximate surface area is 181 Å². The molecule has 2 aliphatic rings. The molecule has 2 aromatic rings. The predicted molar refractivity (Wildman–Crippen MR) is 107 cm³/mol. The van der Waals surface area contributed by atoms with Gasteiger partial charge in [0.15, 0.2) is 5.79 Å². The van der Waals surface area contributed by atoms with Crippen molar-refractivity contribution in [2.24, 2.45) is 0 Å². The summed E-state index contributed by atoms with van der Waals surface area (Å²) in [5.74, 6) is -4.78. The third kappa shape index (κ3) is 4.32. The Bertz CT molecular complexity index is 1050. The molecule has 8 nitrogen and oxygen atoms in total. The Kier molecular flexibility index (Phi) is 5.90. The van der Waals surface area contributed by atoms with Crippen LogP contribution in [0.15, 0.2) is 42.5 Å². The number of carbonyl (C=O) groups excluding carboxylic acids is 2. The number of amides is 2. The Morgan fingerprint density at radius 3 is 2.41 bits per heavy atom. The topological polar surface area (TPSA) is 105 Å². The molecular weight excluding hydrogens is 426 g/mol. The lowest BCUT2D eigenvalue weighted by atomic mass is 10.0. The van der Waals surface area contributed by atoms with Crippen molar-refractivity contribution in [3.05, 3.63) is 59.7 Å². The first kappa shape index (κ1) is 21.8. The van der Waals surface area contributed by atoms with E-state index in [0.29, 0.717) is 18.8 Å². The van der Waals surface area contributed by atoms with Crippen molar-refractivity contribution in [1.29, 1.82) is 0 Å². The summed E-state index contributed by atoms with van der Waals surface area (Å²) in [6.45, 7) is 0.0921. The summed E-state index contributed by atoms with van der Waals surface area (Å²) in [5.41, 5.74) is 0.627. The molecule has 2 aliphatic heterocycles. The first-order valence-corrected chi connectivity index (χ1v) is 9.92. The van der Waals surface area contributed by atoms with Crippen LogP contribution in [0.1, 0.15) is 16.8 Å². The molecule has 0 unspecified atom stereocenters. The number of hydrogen-bond donors (Lipinski definition) is 2. The standard InChI is InChI=1S/C22H20F2N2O6/c23-15-4-1-13(2-5-15)16-6-3-14(9-17(16)24)20(28)25-11-19(27)26-12-22(31-7-8-32-22)10-18(26)21(29)30/h1-6,9,18H,7-8,10-12H2,(H,25,28)(H,29,30)/t18-/m0/s1. The predicted octanol–water partition coefficient (Wildman–Crippen LogP) is 1.79. The number of likely N-dealkylation sites (tertiary alicyclic amines) is 1. The molecule has 0 aliphatic carbocycles. The van der Waals surface area contributed by atoms with Gasteiger partial charge in [-0.3, -0.25) is 9.59 Å². The van der Waals surface area contributed by atoms with E-state index < -0.39 is 47.8 Å². The van der Waals surface area contributed by atoms with Crippen molar-refractivity contribution in [3.8, 4) is 11.1 Å². The van der Waals surface area contributed by atoms with Crippen molar-refractivity contribution in [1.82, 2.24) is 10.2 Å². The summed E-state index contributed by atoms with van der Waals surface area (Å²) in [4.78, 5) is 37.7. The van der Waals surface area contributed by atoms with Crippen LogP contribution in [-0.2, 0) is 19.1 Å². The summed E-state index contributed by atoms with van der Waals surface area (Å²) in [6, 6.07) is 7.90. The van der Waals surface area contributed by atoms with Crippen LogP contribution in [-0.4, -0.2) is 65.9 Å². The summed E-state index contributed by atoms with van der Waals surface area (Å²) < 4.78 is 38.6. The molecule has 2 fully saturated rings. The van der Waals surface area contributed by atoms with Crippen molar-refractivity contribution in [2.75, 3.05) is 26.3 Å². The van der Waals surface area contributed by atoms with E-state index in [-0.39, 0.29) is 24.1 Å². The van der Waals surface area contributed by atoms with Crippen molar-refractivity contribution >= 4 is 17.8 Å². The number of hydrogen-bond acceptors (Lipinski definition) is 5. The Balaban J connectivity index is 1.41. The summed E-state index contributed by atoms with van der Waals surface area (Å²) in [7, 11) is 0. The molecule has 1 spiro atoms. The largest absolute Gasteiger partial charge is 0.480 e. The number of carboxylic acid groups (broad SMARTS) is 1. The average molecular weight is 446 g/mol. The van der Waals surface area contributed by atoms with E-state index in [1.165, 1.54) is 36.4 Å². The van der Waals surface area contributed by atoms with E-state index in [2.05, 4.69) is 5.32 Å². The average Bonchev–Trinajstić information content (AvgIpc) is 3.39. The lowest BCUT2D eigenvalue weighted by Gasteiger charge is -2.23. The Morgan fingerprint density at radius 1 is 1.09 bits per heavy atom. The number of benzene rings is 2. The zero-order valence-electron chi connectivity index (χ0n) is 16.8. The molecule has 2 heterocycles. The van der Waals surface area contributed by atoms with Gasteiger partial charge in [-0.25, -0.2) is 13.6 Å². The number of carbonyl (C=O) groups is 3. The highest BCUT2D eigenvalue weighted by atomic mass is 19.1. The molecule has 2 aromatic carbocycles. The second kappa shape index (κ2) is 8.64. The second-order valence-electron chi connectivity index (χ2n) is 7.57. The summed E-state index contributed by atoms with van der Waals surface area (Å²) in [6.07, 6.45) is -0.00191. The van der Waals surface area contributed by atoms with E-state index in [1.807, 2.05) is 0 Å². The van der Waals surface area contributed by atoms with Crippen LogP contribution in [0.25, 0.3) is 11.1 Å². The van der Waals surface area contributed by atoms with E-state index in [4.69, 9.17) is 9.47 Å². The molecule has 4 rings (SSSR count). The number of ether oxygens (including phenoxy) is 2. The van der Waals surface area contributed by atoms with Crippen molar-refractivity contribution in [2.45, 2.75) is 18.2 Å². The van der Waals surface area contributed by atoms with E-state index >= 15 is 0 Å². The monoisotopic (exact) mass is 446 g/mol. The molecular formula is C22H20F2N2O6. The van der Waals surface area contributed by atoms with Gasteiger partial charge in [-0.05, 0) is 29.8 Å². The van der Waals surface area contributed by atoms with E-state index in [0.717, 1.165) is 11.0 Å². The van der Waals surface area contributed by atoms with Gasteiger partial charge in [0, 0.05) is 17.5 Å². The highest BCUT2D eigenvalue weighted by Crippen LogP contribution is 2.34. The van der Waals surface area contributed by atoms with Gasteiger partial charge in [-0.15, -0.1) is 0 Å². The van der Waals surface area contributed by atoms with Crippen LogP contribution in [0.4, 0.5) is 8.78 Å². The van der Waals surface area contributed by atoms with Crippen LogP contribution >= 0.6 is 0 Å². The Morgan fingerprint density at radius 2 is 1.78 bits per heavy atom. The first-order chi connectivity index (χ1) is 15.3. The molecule has 32 heavy (non-hydrogen) atoms. The highest BCUT2D eigenvalue weighted by molar-refractivity contribution is 5.97. The lowest BCUT2D eigenvalue weighted by Crippen LogP contribution is -2.46. The molecule has 0 radical (unpaired) electrons. The van der Waals surface area contributed by atoms with Gasteiger partial charge in [-0.1, -0.05) is 18.2 Å². The minimum absolute atomic E-state index is 0.00191. The minimum atomic E-state index is -1.20. The van der Waals surface area contributed by atoms with Gasteiger partial charge < -0.3 is 24.8 Å². The number of nitrogens with zero attached hydrogens (tertiary/aromatic N) is 1. The molecule has 0 saturated carbocycles. The molecule has 2 amide bonds. The van der Waals surface area contributed by atoms with Gasteiger partial charge in [0.1, 0.15) is 17.7 Å². The SMILES string of the molecule is O=C(NCC(=O)N1CC2(C[C@H]1C(=O)O)OCCO2)c1ccc(-c2ccc(F)cc2)c(F)c1. The molecule has 0 bridgehead atoms. The van der Waals surface area contributed by atoms with E-state index in [9.17, 15) is 28.3 Å². The smallest absolute Gasteiger partial charge is 0.326 e. The Hall–Kier alpha value is -3.37. The number of halogens is 2. The maximum atomic E-state index is 14.5. The van der Waals surface area contributed by atoms with Crippen LogP contribution in [0.5, 0.6) is 0 Å². The molecule has 0 aromatic heterocycles. The van der Waals surface area contributed by atoms with Gasteiger partial charge in [-0.2, -0.15) is 0 Å². The third-order valence-electron chi connectivity index (χ3n) is 5.50. The first-order valence-electron chi connectivity index (χ1n) is 9.92. The van der Waals surface area contributed by atoms with Gasteiger partial charge >= 0.3 is 5.97 Å².